The highest BCUT2D eigenvalue weighted by Crippen LogP contribution is 2.25. The Morgan fingerprint density at radius 2 is 2.27 bits per heavy atom. The molecule has 0 aromatic heterocycles. The molecule has 1 aliphatic rings. The van der Waals surface area contributed by atoms with Crippen molar-refractivity contribution in [2.45, 2.75) is 20.3 Å². The average Bonchev–Trinajstić information content (AvgIpc) is 2.49. The van der Waals surface area contributed by atoms with Gasteiger partial charge in [0.25, 0.3) is 5.91 Å². The fourth-order valence-corrected chi connectivity index (χ4v) is 2.34. The lowest BCUT2D eigenvalue weighted by Gasteiger charge is -2.28. The van der Waals surface area contributed by atoms with Gasteiger partial charge in [0.2, 0.25) is 5.91 Å². The summed E-state index contributed by atoms with van der Waals surface area (Å²) in [6.07, 6.45) is 0.330. The van der Waals surface area contributed by atoms with E-state index in [0.29, 0.717) is 32.8 Å². The van der Waals surface area contributed by atoms with E-state index in [4.69, 9.17) is 9.47 Å². The maximum Gasteiger partial charge on any atom is 0.253 e. The first-order valence-electron chi connectivity index (χ1n) is 7.48. The molecular weight excluding hydrogens is 284 g/mol. The number of benzene rings is 1. The van der Waals surface area contributed by atoms with E-state index in [1.165, 1.54) is 0 Å². The van der Waals surface area contributed by atoms with Crippen molar-refractivity contribution in [3.63, 3.8) is 0 Å². The molecule has 1 aromatic rings. The molecule has 2 amide bonds. The van der Waals surface area contributed by atoms with Crippen LogP contribution in [0, 0.1) is 6.92 Å². The molecule has 1 N–H and O–H groups in total. The summed E-state index contributed by atoms with van der Waals surface area (Å²) in [7, 11) is 0. The van der Waals surface area contributed by atoms with Crippen LogP contribution in [0.15, 0.2) is 18.2 Å². The number of amides is 2. The predicted molar refractivity (Wildman–Crippen MR) is 84.1 cm³/mol. The van der Waals surface area contributed by atoms with Crippen LogP contribution >= 0.6 is 0 Å². The van der Waals surface area contributed by atoms with Crippen LogP contribution < -0.4 is 10.2 Å². The highest BCUT2D eigenvalue weighted by atomic mass is 16.5. The number of hydrogen-bond acceptors (Lipinski definition) is 4. The van der Waals surface area contributed by atoms with E-state index in [1.807, 2.05) is 32.0 Å². The van der Waals surface area contributed by atoms with Crippen LogP contribution in [0.3, 0.4) is 0 Å². The van der Waals surface area contributed by atoms with Crippen molar-refractivity contribution in [2.75, 3.05) is 43.2 Å². The molecule has 22 heavy (non-hydrogen) atoms. The molecule has 6 heteroatoms. The lowest BCUT2D eigenvalue weighted by atomic mass is 10.1. The first-order chi connectivity index (χ1) is 10.6. The van der Waals surface area contributed by atoms with Crippen LogP contribution in [0.5, 0.6) is 0 Å². The first-order valence-corrected chi connectivity index (χ1v) is 7.48. The molecule has 120 valence electrons. The molecule has 0 unspecified atom stereocenters. The van der Waals surface area contributed by atoms with E-state index in [-0.39, 0.29) is 18.4 Å². The summed E-state index contributed by atoms with van der Waals surface area (Å²) < 4.78 is 10.3. The number of carbonyl (C=O) groups is 2. The van der Waals surface area contributed by atoms with Crippen molar-refractivity contribution < 1.29 is 19.1 Å². The van der Waals surface area contributed by atoms with Crippen molar-refractivity contribution in [3.8, 4) is 0 Å². The molecular formula is C16H22N2O4. The first kappa shape index (κ1) is 16.5. The van der Waals surface area contributed by atoms with Gasteiger partial charge in [-0.1, -0.05) is 0 Å². The molecule has 0 saturated carbocycles. The maximum atomic E-state index is 11.9. The largest absolute Gasteiger partial charge is 0.381 e. The highest BCUT2D eigenvalue weighted by molar-refractivity contribution is 5.96. The third-order valence-corrected chi connectivity index (χ3v) is 3.43. The number of ether oxygens (including phenoxy) is 2. The van der Waals surface area contributed by atoms with E-state index < -0.39 is 0 Å². The fraction of sp³-hybridized carbons (Fsp3) is 0.500. The summed E-state index contributed by atoms with van der Waals surface area (Å²) in [5.74, 6) is -0.120. The highest BCUT2D eigenvalue weighted by Gasteiger charge is 2.21. The zero-order chi connectivity index (χ0) is 15.9. The van der Waals surface area contributed by atoms with Crippen LogP contribution in [0.2, 0.25) is 0 Å². The Bertz CT molecular complexity index is 545. The van der Waals surface area contributed by atoms with Gasteiger partial charge in [-0.3, -0.25) is 9.59 Å². The number of nitrogens with zero attached hydrogens (tertiary/aromatic N) is 1. The minimum absolute atomic E-state index is 0.0390. The van der Waals surface area contributed by atoms with Gasteiger partial charge in [-0.05, 0) is 37.6 Å². The van der Waals surface area contributed by atoms with Gasteiger partial charge >= 0.3 is 0 Å². The predicted octanol–water partition coefficient (Wildman–Crippen LogP) is 1.72. The Morgan fingerprint density at radius 3 is 2.95 bits per heavy atom. The Balaban J connectivity index is 2.00. The lowest BCUT2D eigenvalue weighted by molar-refractivity contribution is -0.125. The van der Waals surface area contributed by atoms with Crippen LogP contribution in [0.25, 0.3) is 0 Å². The molecule has 0 aliphatic carbocycles. The summed E-state index contributed by atoms with van der Waals surface area (Å²) in [6, 6.07) is 5.54. The van der Waals surface area contributed by atoms with Gasteiger partial charge in [0.1, 0.15) is 6.61 Å². The smallest absolute Gasteiger partial charge is 0.253 e. The zero-order valence-corrected chi connectivity index (χ0v) is 13.1. The second-order valence-corrected chi connectivity index (χ2v) is 5.09. The number of nitrogens with one attached hydrogen (secondary N) is 1. The zero-order valence-electron chi connectivity index (χ0n) is 13.1. The molecule has 1 heterocycles. The van der Waals surface area contributed by atoms with Gasteiger partial charge in [-0.25, -0.2) is 0 Å². The molecule has 6 nitrogen and oxygen atoms in total. The molecule has 0 spiro atoms. The van der Waals surface area contributed by atoms with Crippen molar-refractivity contribution in [1.82, 2.24) is 0 Å². The number of hydrogen-bond donors (Lipinski definition) is 1. The Hall–Kier alpha value is -1.92. The molecule has 2 rings (SSSR count). The lowest BCUT2D eigenvalue weighted by Crippen LogP contribution is -2.42. The summed E-state index contributed by atoms with van der Waals surface area (Å²) in [5.41, 5.74) is 2.53. The molecule has 1 saturated heterocycles. The Labute approximate surface area is 130 Å². The van der Waals surface area contributed by atoms with Crippen LogP contribution in [0.4, 0.5) is 11.4 Å². The van der Waals surface area contributed by atoms with Crippen LogP contribution in [-0.2, 0) is 19.1 Å². The third-order valence-electron chi connectivity index (χ3n) is 3.43. The molecule has 0 radical (unpaired) electrons. The summed E-state index contributed by atoms with van der Waals surface area (Å²) >= 11 is 0. The van der Waals surface area contributed by atoms with Crippen LogP contribution in [-0.4, -0.2) is 44.8 Å². The minimum atomic E-state index is -0.0805. The number of anilines is 2. The van der Waals surface area contributed by atoms with Gasteiger partial charge in [0, 0.05) is 24.5 Å². The molecule has 0 atom stereocenters. The monoisotopic (exact) mass is 306 g/mol. The Kier molecular flexibility index (Phi) is 5.91. The normalized spacial score (nSPS) is 15.0. The molecule has 1 aromatic carbocycles. The van der Waals surface area contributed by atoms with Crippen molar-refractivity contribution >= 4 is 23.2 Å². The number of aryl methyl sites for hydroxylation is 1. The topological polar surface area (TPSA) is 67.9 Å². The van der Waals surface area contributed by atoms with E-state index in [0.717, 1.165) is 16.9 Å². The van der Waals surface area contributed by atoms with E-state index >= 15 is 0 Å². The van der Waals surface area contributed by atoms with E-state index in [9.17, 15) is 9.59 Å². The summed E-state index contributed by atoms with van der Waals surface area (Å²) in [5, 5.41) is 2.84. The van der Waals surface area contributed by atoms with Crippen molar-refractivity contribution in [1.29, 1.82) is 0 Å². The van der Waals surface area contributed by atoms with Crippen LogP contribution in [0.1, 0.15) is 18.9 Å². The van der Waals surface area contributed by atoms with E-state index in [2.05, 4.69) is 5.32 Å². The molecule has 0 bridgehead atoms. The van der Waals surface area contributed by atoms with Gasteiger partial charge in [-0.2, -0.15) is 0 Å². The average molecular weight is 306 g/mol. The summed E-state index contributed by atoms with van der Waals surface area (Å²) in [4.78, 5) is 25.4. The second-order valence-electron chi connectivity index (χ2n) is 5.09. The van der Waals surface area contributed by atoms with Gasteiger partial charge in [-0.15, -0.1) is 0 Å². The Morgan fingerprint density at radius 1 is 1.45 bits per heavy atom. The van der Waals surface area contributed by atoms with E-state index in [1.54, 1.807) is 4.90 Å². The van der Waals surface area contributed by atoms with Gasteiger partial charge < -0.3 is 19.7 Å². The standard InChI is InChI=1S/C16H22N2O4/c1-3-21-8-6-15(19)17-13-4-5-14(12(2)10-13)18-7-9-22-11-16(18)20/h4-5,10H,3,6-9,11H2,1-2H3,(H,17,19). The van der Waals surface area contributed by atoms with Crippen molar-refractivity contribution in [3.05, 3.63) is 23.8 Å². The molecule has 1 aliphatic heterocycles. The minimum Gasteiger partial charge on any atom is -0.381 e. The third kappa shape index (κ3) is 4.29. The number of carbonyl (C=O) groups excluding carboxylic acids is 2. The van der Waals surface area contributed by atoms with Gasteiger partial charge in [0.15, 0.2) is 0 Å². The number of morpholine rings is 1. The SMILES string of the molecule is CCOCCC(=O)Nc1ccc(N2CCOCC2=O)c(C)c1. The second kappa shape index (κ2) is 7.91. The fourth-order valence-electron chi connectivity index (χ4n) is 2.34. The maximum absolute atomic E-state index is 11.9. The van der Waals surface area contributed by atoms with Gasteiger partial charge in [0.05, 0.1) is 19.6 Å². The quantitative estimate of drug-likeness (QED) is 0.813. The number of rotatable bonds is 6. The molecule has 1 fully saturated rings. The summed E-state index contributed by atoms with van der Waals surface area (Å²) in [6.45, 7) is 6.06. The van der Waals surface area contributed by atoms with Crippen molar-refractivity contribution in [2.24, 2.45) is 0 Å².